The van der Waals surface area contributed by atoms with Gasteiger partial charge in [0.05, 0.1) is 11.4 Å². The minimum atomic E-state index is -4.01. The number of rotatable bonds is 10. The summed E-state index contributed by atoms with van der Waals surface area (Å²) in [4.78, 5) is 25.4. The van der Waals surface area contributed by atoms with Crippen LogP contribution in [0.5, 0.6) is 11.5 Å². The topological polar surface area (TPSA) is 169 Å². The first-order chi connectivity index (χ1) is 22.1. The van der Waals surface area contributed by atoms with Gasteiger partial charge in [-0.2, -0.15) is 16.8 Å². The average Bonchev–Trinajstić information content (AvgIpc) is 3.04. The van der Waals surface area contributed by atoms with Crippen molar-refractivity contribution >= 4 is 55.0 Å². The Labute approximate surface area is 265 Å². The van der Waals surface area contributed by atoms with Gasteiger partial charge in [0.15, 0.2) is 0 Å². The highest BCUT2D eigenvalue weighted by Crippen LogP contribution is 2.25. The fraction of sp³-hybridized carbons (Fsp3) is 0. The van der Waals surface area contributed by atoms with Gasteiger partial charge in [0.25, 0.3) is 0 Å². The van der Waals surface area contributed by atoms with E-state index in [0.717, 1.165) is 0 Å². The van der Waals surface area contributed by atoms with E-state index < -0.39 is 32.3 Å². The lowest BCUT2D eigenvalue weighted by Crippen LogP contribution is -2.23. The van der Waals surface area contributed by atoms with E-state index in [1.807, 2.05) is 0 Å². The molecule has 0 heterocycles. The molecule has 0 bridgehead atoms. The highest BCUT2D eigenvalue weighted by atomic mass is 32.2. The molecule has 12 nitrogen and oxygen atoms in total. The molecule has 46 heavy (non-hydrogen) atoms. The molecular formula is C32H26N4O8S2. The fourth-order valence-corrected chi connectivity index (χ4v) is 5.88. The molecule has 0 unspecified atom stereocenters. The number of carbonyl (C=O) groups excluding carboxylic acids is 2. The molecule has 4 amide bonds. The monoisotopic (exact) mass is 658 g/mol. The van der Waals surface area contributed by atoms with Crippen molar-refractivity contribution in [3.8, 4) is 11.5 Å². The highest BCUT2D eigenvalue weighted by Gasteiger charge is 2.17. The molecule has 0 aliphatic carbocycles. The summed E-state index contributed by atoms with van der Waals surface area (Å²) in [7, 11) is -8.02. The lowest BCUT2D eigenvalue weighted by atomic mass is 10.2. The number of urea groups is 2. The molecule has 14 heteroatoms. The van der Waals surface area contributed by atoms with Crippen LogP contribution in [-0.4, -0.2) is 28.9 Å². The zero-order chi connectivity index (χ0) is 32.6. The molecule has 0 aromatic heterocycles. The van der Waals surface area contributed by atoms with Crippen molar-refractivity contribution in [2.45, 2.75) is 9.79 Å². The van der Waals surface area contributed by atoms with Gasteiger partial charge in [-0.1, -0.05) is 48.5 Å². The van der Waals surface area contributed by atoms with Gasteiger partial charge >= 0.3 is 32.3 Å². The van der Waals surface area contributed by atoms with Crippen molar-refractivity contribution < 1.29 is 34.8 Å². The van der Waals surface area contributed by atoms with E-state index in [9.17, 15) is 26.4 Å². The predicted molar refractivity (Wildman–Crippen MR) is 173 cm³/mol. The minimum Gasteiger partial charge on any atom is -0.379 e. The summed E-state index contributed by atoms with van der Waals surface area (Å²) in [5.74, 6) is 0.129. The molecule has 234 valence electrons. The highest BCUT2D eigenvalue weighted by molar-refractivity contribution is 7.87. The average molecular weight is 659 g/mol. The van der Waals surface area contributed by atoms with Crippen LogP contribution in [0.3, 0.4) is 0 Å². The van der Waals surface area contributed by atoms with E-state index in [2.05, 4.69) is 21.3 Å². The van der Waals surface area contributed by atoms with Crippen LogP contribution in [-0.2, 0) is 20.2 Å². The van der Waals surface area contributed by atoms with Crippen molar-refractivity contribution in [2.75, 3.05) is 21.3 Å². The van der Waals surface area contributed by atoms with Gasteiger partial charge in [0, 0.05) is 11.4 Å². The van der Waals surface area contributed by atoms with E-state index in [0.29, 0.717) is 22.7 Å². The first kappa shape index (κ1) is 31.6. The number of hydrogen-bond donors (Lipinski definition) is 4. The second-order valence-corrected chi connectivity index (χ2v) is 12.5. The van der Waals surface area contributed by atoms with Gasteiger partial charge in [-0.15, -0.1) is 0 Å². The zero-order valence-corrected chi connectivity index (χ0v) is 25.4. The third-order valence-corrected chi connectivity index (χ3v) is 8.65. The van der Waals surface area contributed by atoms with Crippen LogP contribution in [0.4, 0.5) is 32.3 Å². The van der Waals surface area contributed by atoms with Gasteiger partial charge in [0.2, 0.25) is 0 Å². The molecular weight excluding hydrogens is 633 g/mol. The van der Waals surface area contributed by atoms with E-state index in [1.165, 1.54) is 72.8 Å². The standard InChI is InChI=1S/C32H26N4O8S2/c37-31(33-23-15-19-25(20-16-23)43-45(39,40)27-9-3-1-4-10-27)35-29-13-7-8-14-30(29)36-32(38)34-24-17-21-26(22-18-24)44-46(41,42)28-11-5-2-6-12-28/h1-22H,(H2,33,35,37)(H2,34,36,38). The van der Waals surface area contributed by atoms with Gasteiger partial charge in [-0.3, -0.25) is 0 Å². The van der Waals surface area contributed by atoms with Crippen LogP contribution < -0.4 is 29.6 Å². The Hall–Kier alpha value is -5.86. The Morgan fingerprint density at radius 3 is 1.09 bits per heavy atom. The molecule has 0 aliphatic heterocycles. The molecule has 0 saturated heterocycles. The molecule has 5 aromatic carbocycles. The Bertz CT molecular complexity index is 1890. The molecule has 4 N–H and O–H groups in total. The Morgan fingerprint density at radius 1 is 0.413 bits per heavy atom. The largest absolute Gasteiger partial charge is 0.379 e. The van der Waals surface area contributed by atoms with E-state index in [4.69, 9.17) is 8.37 Å². The van der Waals surface area contributed by atoms with Crippen LogP contribution in [0.15, 0.2) is 143 Å². The summed E-state index contributed by atoms with van der Waals surface area (Å²) >= 11 is 0. The van der Waals surface area contributed by atoms with Crippen molar-refractivity contribution in [1.82, 2.24) is 0 Å². The number of amides is 4. The van der Waals surface area contributed by atoms with E-state index >= 15 is 0 Å². The van der Waals surface area contributed by atoms with E-state index in [1.54, 1.807) is 60.7 Å². The zero-order valence-electron chi connectivity index (χ0n) is 23.8. The number of anilines is 4. The number of hydrogen-bond acceptors (Lipinski definition) is 8. The third kappa shape index (κ3) is 8.40. The molecule has 0 aliphatic rings. The summed E-state index contributed by atoms with van der Waals surface area (Å²) in [6.45, 7) is 0. The summed E-state index contributed by atoms with van der Waals surface area (Å²) in [5, 5.41) is 10.6. The molecule has 0 atom stereocenters. The second-order valence-electron chi connectivity index (χ2n) is 9.45. The van der Waals surface area contributed by atoms with Gasteiger partial charge < -0.3 is 29.6 Å². The first-order valence-corrected chi connectivity index (χ1v) is 16.3. The molecule has 0 radical (unpaired) electrons. The van der Waals surface area contributed by atoms with Crippen molar-refractivity contribution in [3.63, 3.8) is 0 Å². The minimum absolute atomic E-state index is 0.0113. The van der Waals surface area contributed by atoms with Crippen LogP contribution in [0.2, 0.25) is 0 Å². The Balaban J connectivity index is 1.15. The number of para-hydroxylation sites is 2. The molecule has 0 fully saturated rings. The molecule has 5 rings (SSSR count). The maximum absolute atomic E-state index is 12.7. The van der Waals surface area contributed by atoms with Crippen LogP contribution in [0, 0.1) is 0 Å². The van der Waals surface area contributed by atoms with Crippen LogP contribution in [0.25, 0.3) is 0 Å². The van der Waals surface area contributed by atoms with Crippen molar-refractivity contribution in [1.29, 1.82) is 0 Å². The number of nitrogens with one attached hydrogen (secondary N) is 4. The molecule has 0 saturated carbocycles. The lowest BCUT2D eigenvalue weighted by Gasteiger charge is -2.14. The predicted octanol–water partition coefficient (Wildman–Crippen LogP) is 6.51. The quantitative estimate of drug-likeness (QED) is 0.123. The van der Waals surface area contributed by atoms with Gasteiger partial charge in [-0.05, 0) is 84.9 Å². The summed E-state index contributed by atoms with van der Waals surface area (Å²) in [5.41, 5.74) is 1.29. The third-order valence-electron chi connectivity index (χ3n) is 6.12. The fourth-order valence-electron chi connectivity index (χ4n) is 3.98. The normalized spacial score (nSPS) is 11.1. The Morgan fingerprint density at radius 2 is 0.739 bits per heavy atom. The smallest absolute Gasteiger partial charge is 0.339 e. The summed E-state index contributed by atoms with van der Waals surface area (Å²) < 4.78 is 60.0. The second kappa shape index (κ2) is 13.8. The number of benzene rings is 5. The van der Waals surface area contributed by atoms with Crippen LogP contribution in [0.1, 0.15) is 0 Å². The lowest BCUT2D eigenvalue weighted by molar-refractivity contribution is 0.261. The SMILES string of the molecule is O=C(Nc1ccc(OS(=O)(=O)c2ccccc2)cc1)Nc1ccccc1NC(=O)Nc1ccc(OS(=O)(=O)c2ccccc2)cc1. The summed E-state index contributed by atoms with van der Waals surface area (Å²) in [6.07, 6.45) is 0. The van der Waals surface area contributed by atoms with Gasteiger partial charge in [0.1, 0.15) is 21.3 Å². The van der Waals surface area contributed by atoms with Crippen LogP contribution >= 0.6 is 0 Å². The molecule has 0 spiro atoms. The summed E-state index contributed by atoms with van der Waals surface area (Å²) in [6, 6.07) is 32.1. The maximum atomic E-state index is 12.7. The first-order valence-electron chi connectivity index (χ1n) is 13.5. The van der Waals surface area contributed by atoms with Gasteiger partial charge in [-0.25, -0.2) is 9.59 Å². The van der Waals surface area contributed by atoms with Crippen molar-refractivity contribution in [2.24, 2.45) is 0 Å². The maximum Gasteiger partial charge on any atom is 0.339 e. The molecule has 5 aromatic rings. The van der Waals surface area contributed by atoms with Crippen molar-refractivity contribution in [3.05, 3.63) is 133 Å². The number of carbonyl (C=O) groups is 2. The Kier molecular flexibility index (Phi) is 9.50. The van der Waals surface area contributed by atoms with E-state index in [-0.39, 0.29) is 21.3 Å².